The highest BCUT2D eigenvalue weighted by atomic mass is 16.2. The molecule has 1 heterocycles. The maximum absolute atomic E-state index is 11.5. The predicted molar refractivity (Wildman–Crippen MR) is 59.8 cm³/mol. The van der Waals surface area contributed by atoms with Gasteiger partial charge in [0.2, 0.25) is 0 Å². The Balaban J connectivity index is 3.04. The summed E-state index contributed by atoms with van der Waals surface area (Å²) in [5.41, 5.74) is 4.75. The van der Waals surface area contributed by atoms with Crippen molar-refractivity contribution >= 4 is 5.82 Å². The minimum absolute atomic E-state index is 0.232. The molecule has 0 saturated carbocycles. The third-order valence-corrected chi connectivity index (χ3v) is 2.66. The Morgan fingerprint density at radius 2 is 2.00 bits per heavy atom. The molecular formula is C10H17N3O2. The molecule has 0 fully saturated rings. The van der Waals surface area contributed by atoms with Gasteiger partial charge in [0.15, 0.2) is 0 Å². The van der Waals surface area contributed by atoms with Gasteiger partial charge >= 0.3 is 5.69 Å². The van der Waals surface area contributed by atoms with Gasteiger partial charge in [0, 0.05) is 12.6 Å². The minimum Gasteiger partial charge on any atom is -0.385 e. The van der Waals surface area contributed by atoms with E-state index in [2.05, 4.69) is 18.8 Å². The molecule has 0 saturated heterocycles. The number of nitrogen functional groups attached to an aromatic ring is 1. The van der Waals surface area contributed by atoms with Gasteiger partial charge < -0.3 is 5.73 Å². The van der Waals surface area contributed by atoms with Gasteiger partial charge in [-0.05, 0) is 5.92 Å². The lowest BCUT2D eigenvalue weighted by atomic mass is 10.0. The number of aromatic nitrogens is 2. The summed E-state index contributed by atoms with van der Waals surface area (Å²) in [4.78, 5) is 24.6. The standard InChI is InChI=1S/C10H17N3O2/c1-3-7(4-2)6-13-8(11)5-9(14)12-10(13)15/h5,7H,3-4,6,11H2,1-2H3,(H,12,14,15). The van der Waals surface area contributed by atoms with Crippen LogP contribution in [0.2, 0.25) is 0 Å². The molecule has 0 bridgehead atoms. The van der Waals surface area contributed by atoms with Crippen molar-refractivity contribution < 1.29 is 0 Å². The molecule has 1 aromatic heterocycles. The molecule has 1 aromatic rings. The fraction of sp³-hybridized carbons (Fsp3) is 0.600. The molecule has 0 radical (unpaired) electrons. The summed E-state index contributed by atoms with van der Waals surface area (Å²) < 4.78 is 1.42. The fourth-order valence-electron chi connectivity index (χ4n) is 1.53. The van der Waals surface area contributed by atoms with Crippen molar-refractivity contribution in [3.63, 3.8) is 0 Å². The Hall–Kier alpha value is -1.52. The van der Waals surface area contributed by atoms with Gasteiger partial charge in [-0.2, -0.15) is 0 Å². The fourth-order valence-corrected chi connectivity index (χ4v) is 1.53. The van der Waals surface area contributed by atoms with E-state index in [4.69, 9.17) is 5.73 Å². The number of nitrogens with one attached hydrogen (secondary N) is 1. The maximum atomic E-state index is 11.5. The molecule has 0 unspecified atom stereocenters. The summed E-state index contributed by atoms with van der Waals surface area (Å²) in [7, 11) is 0. The van der Waals surface area contributed by atoms with Crippen molar-refractivity contribution in [1.82, 2.24) is 9.55 Å². The number of hydrogen-bond acceptors (Lipinski definition) is 3. The Labute approximate surface area is 87.9 Å². The van der Waals surface area contributed by atoms with Crippen molar-refractivity contribution in [2.75, 3.05) is 5.73 Å². The maximum Gasteiger partial charge on any atom is 0.329 e. The van der Waals surface area contributed by atoms with Crippen molar-refractivity contribution in [1.29, 1.82) is 0 Å². The summed E-state index contributed by atoms with van der Waals surface area (Å²) in [6.45, 7) is 4.70. The molecule has 0 spiro atoms. The Morgan fingerprint density at radius 1 is 1.40 bits per heavy atom. The SMILES string of the molecule is CCC(CC)Cn1c(N)cc(=O)[nH]c1=O. The molecule has 5 nitrogen and oxygen atoms in total. The van der Waals surface area contributed by atoms with Crippen LogP contribution in [0.25, 0.3) is 0 Å². The van der Waals surface area contributed by atoms with E-state index in [9.17, 15) is 9.59 Å². The van der Waals surface area contributed by atoms with Crippen LogP contribution in [0.15, 0.2) is 15.7 Å². The smallest absolute Gasteiger partial charge is 0.329 e. The lowest BCUT2D eigenvalue weighted by Crippen LogP contribution is -2.33. The van der Waals surface area contributed by atoms with E-state index in [0.29, 0.717) is 12.5 Å². The van der Waals surface area contributed by atoms with E-state index in [0.717, 1.165) is 12.8 Å². The normalized spacial score (nSPS) is 10.9. The van der Waals surface area contributed by atoms with E-state index in [1.54, 1.807) is 0 Å². The van der Waals surface area contributed by atoms with Gasteiger partial charge in [-0.1, -0.05) is 26.7 Å². The van der Waals surface area contributed by atoms with E-state index < -0.39 is 11.2 Å². The second-order valence-corrected chi connectivity index (χ2v) is 3.66. The molecule has 0 aliphatic carbocycles. The Kier molecular flexibility index (Phi) is 3.71. The molecule has 3 N–H and O–H groups in total. The zero-order valence-electron chi connectivity index (χ0n) is 9.12. The third-order valence-electron chi connectivity index (χ3n) is 2.66. The van der Waals surface area contributed by atoms with Crippen LogP contribution in [-0.2, 0) is 6.54 Å². The summed E-state index contributed by atoms with van der Waals surface area (Å²) in [5.74, 6) is 0.645. The van der Waals surface area contributed by atoms with Crippen LogP contribution in [0.3, 0.4) is 0 Å². The van der Waals surface area contributed by atoms with Crippen LogP contribution >= 0.6 is 0 Å². The summed E-state index contributed by atoms with van der Waals surface area (Å²) >= 11 is 0. The molecule has 0 atom stereocenters. The van der Waals surface area contributed by atoms with Crippen molar-refractivity contribution in [2.45, 2.75) is 33.2 Å². The first-order valence-electron chi connectivity index (χ1n) is 5.18. The number of rotatable bonds is 4. The molecule has 1 rings (SSSR count). The monoisotopic (exact) mass is 211 g/mol. The third kappa shape index (κ3) is 2.71. The lowest BCUT2D eigenvalue weighted by molar-refractivity contribution is 0.411. The first-order valence-corrected chi connectivity index (χ1v) is 5.18. The number of hydrogen-bond donors (Lipinski definition) is 2. The average Bonchev–Trinajstić information content (AvgIpc) is 2.17. The molecule has 0 aromatic carbocycles. The molecule has 0 aliphatic rings. The van der Waals surface area contributed by atoms with Gasteiger partial charge in [0.25, 0.3) is 5.56 Å². The average molecular weight is 211 g/mol. The van der Waals surface area contributed by atoms with Crippen LogP contribution < -0.4 is 17.0 Å². The Bertz CT molecular complexity index is 429. The largest absolute Gasteiger partial charge is 0.385 e. The number of anilines is 1. The number of aromatic amines is 1. The number of H-pyrrole nitrogens is 1. The quantitative estimate of drug-likeness (QED) is 0.763. The van der Waals surface area contributed by atoms with Gasteiger partial charge in [0.05, 0.1) is 0 Å². The molecule has 0 aliphatic heterocycles. The summed E-state index contributed by atoms with van der Waals surface area (Å²) in [6, 6.07) is 1.24. The second kappa shape index (κ2) is 4.82. The van der Waals surface area contributed by atoms with Crippen LogP contribution in [0.5, 0.6) is 0 Å². The molecular weight excluding hydrogens is 194 g/mol. The lowest BCUT2D eigenvalue weighted by Gasteiger charge is -2.15. The van der Waals surface area contributed by atoms with Crippen LogP contribution in [0.4, 0.5) is 5.82 Å². The van der Waals surface area contributed by atoms with Crippen LogP contribution in [0, 0.1) is 5.92 Å². The van der Waals surface area contributed by atoms with Crippen LogP contribution in [-0.4, -0.2) is 9.55 Å². The van der Waals surface area contributed by atoms with E-state index in [1.807, 2.05) is 0 Å². The minimum atomic E-state index is -0.446. The summed E-state index contributed by atoms with van der Waals surface area (Å²) in [5, 5.41) is 0. The highest BCUT2D eigenvalue weighted by Crippen LogP contribution is 2.10. The highest BCUT2D eigenvalue weighted by Gasteiger charge is 2.08. The predicted octanol–water partition coefficient (Wildman–Crippen LogP) is 0.555. The zero-order chi connectivity index (χ0) is 11.4. The topological polar surface area (TPSA) is 80.9 Å². The highest BCUT2D eigenvalue weighted by molar-refractivity contribution is 5.26. The molecule has 15 heavy (non-hydrogen) atoms. The second-order valence-electron chi connectivity index (χ2n) is 3.66. The van der Waals surface area contributed by atoms with Crippen molar-refractivity contribution in [3.05, 3.63) is 26.9 Å². The molecule has 0 amide bonds. The van der Waals surface area contributed by atoms with Crippen LogP contribution in [0.1, 0.15) is 26.7 Å². The van der Waals surface area contributed by atoms with Gasteiger partial charge in [-0.25, -0.2) is 4.79 Å². The number of nitrogens with two attached hydrogens (primary N) is 1. The van der Waals surface area contributed by atoms with Gasteiger partial charge in [-0.15, -0.1) is 0 Å². The van der Waals surface area contributed by atoms with Crippen molar-refractivity contribution in [2.24, 2.45) is 5.92 Å². The van der Waals surface area contributed by atoms with Gasteiger partial charge in [0.1, 0.15) is 5.82 Å². The zero-order valence-corrected chi connectivity index (χ0v) is 9.12. The molecule has 5 heteroatoms. The first kappa shape index (κ1) is 11.6. The van der Waals surface area contributed by atoms with E-state index in [-0.39, 0.29) is 5.82 Å². The van der Waals surface area contributed by atoms with E-state index >= 15 is 0 Å². The Morgan fingerprint density at radius 3 is 2.47 bits per heavy atom. The molecule has 84 valence electrons. The summed E-state index contributed by atoms with van der Waals surface area (Å²) in [6.07, 6.45) is 1.98. The van der Waals surface area contributed by atoms with Gasteiger partial charge in [-0.3, -0.25) is 14.3 Å². The van der Waals surface area contributed by atoms with Crippen molar-refractivity contribution in [3.8, 4) is 0 Å². The first-order chi connectivity index (χ1) is 7.08. The number of nitrogens with zero attached hydrogens (tertiary/aromatic N) is 1. The van der Waals surface area contributed by atoms with E-state index in [1.165, 1.54) is 10.6 Å².